The molecule has 2 aromatic carbocycles. The van der Waals surface area contributed by atoms with E-state index in [1.807, 2.05) is 6.08 Å². The van der Waals surface area contributed by atoms with Crippen molar-refractivity contribution in [2.24, 2.45) is 5.92 Å². The highest BCUT2D eigenvalue weighted by atomic mass is 19.2. The summed E-state index contributed by atoms with van der Waals surface area (Å²) >= 11 is 0. The lowest BCUT2D eigenvalue weighted by molar-refractivity contribution is -0.00283. The molecule has 0 aliphatic carbocycles. The maximum absolute atomic E-state index is 14.2. The molecule has 1 aliphatic heterocycles. The normalized spacial score (nSPS) is 19.8. The Bertz CT molecular complexity index is 751. The highest BCUT2D eigenvalue weighted by molar-refractivity contribution is 5.66. The van der Waals surface area contributed by atoms with Crippen LogP contribution in [0, 0.1) is 17.6 Å². The second kappa shape index (κ2) is 8.32. The zero-order valence-corrected chi connectivity index (χ0v) is 14.7. The molecule has 0 bridgehead atoms. The highest BCUT2D eigenvalue weighted by Crippen LogP contribution is 2.31. The molecule has 2 atom stereocenters. The Labute approximate surface area is 152 Å². The summed E-state index contributed by atoms with van der Waals surface area (Å²) in [4.78, 5) is 0. The summed E-state index contributed by atoms with van der Waals surface area (Å²) in [5.74, 6) is -0.984. The number of benzene rings is 2. The van der Waals surface area contributed by atoms with E-state index in [4.69, 9.17) is 14.2 Å². The van der Waals surface area contributed by atoms with Crippen LogP contribution in [0.25, 0.3) is 11.1 Å². The van der Waals surface area contributed by atoms with Gasteiger partial charge in [-0.05, 0) is 42.7 Å². The lowest BCUT2D eigenvalue weighted by Crippen LogP contribution is -2.28. The average Bonchev–Trinajstić information content (AvgIpc) is 2.69. The van der Waals surface area contributed by atoms with Gasteiger partial charge in [0.15, 0.2) is 11.6 Å². The standard InChI is InChI=1S/C21H22F2O3/c1-3-16-7-4-14(12-25-16)13-26-17-8-5-15(6-9-17)18-10-11-19(24-2)21(23)20(18)22/h3,5-6,8-11,14,16H,1,4,7,12-13H2,2H3. The van der Waals surface area contributed by atoms with Crippen LogP contribution in [-0.4, -0.2) is 26.4 Å². The minimum atomic E-state index is -0.986. The van der Waals surface area contributed by atoms with Gasteiger partial charge in [-0.1, -0.05) is 18.2 Å². The van der Waals surface area contributed by atoms with Crippen molar-refractivity contribution in [3.63, 3.8) is 0 Å². The molecule has 26 heavy (non-hydrogen) atoms. The van der Waals surface area contributed by atoms with Gasteiger partial charge in [0, 0.05) is 11.5 Å². The molecule has 5 heteroatoms. The number of ether oxygens (including phenoxy) is 3. The Morgan fingerprint density at radius 1 is 1.12 bits per heavy atom. The van der Waals surface area contributed by atoms with Gasteiger partial charge in [-0.2, -0.15) is 4.39 Å². The molecule has 3 rings (SSSR count). The van der Waals surface area contributed by atoms with E-state index in [1.165, 1.54) is 19.2 Å². The first-order valence-corrected chi connectivity index (χ1v) is 8.61. The topological polar surface area (TPSA) is 27.7 Å². The molecule has 0 spiro atoms. The third-order valence-corrected chi connectivity index (χ3v) is 4.59. The van der Waals surface area contributed by atoms with E-state index < -0.39 is 11.6 Å². The zero-order chi connectivity index (χ0) is 18.5. The van der Waals surface area contributed by atoms with Gasteiger partial charge in [-0.25, -0.2) is 4.39 Å². The SMILES string of the molecule is C=CC1CCC(COc2ccc(-c3ccc(OC)c(F)c3F)cc2)CO1. The molecule has 0 radical (unpaired) electrons. The zero-order valence-electron chi connectivity index (χ0n) is 14.7. The monoisotopic (exact) mass is 360 g/mol. The van der Waals surface area contributed by atoms with Crippen molar-refractivity contribution in [2.45, 2.75) is 18.9 Å². The summed E-state index contributed by atoms with van der Waals surface area (Å²) in [6.07, 6.45) is 3.96. The largest absolute Gasteiger partial charge is 0.494 e. The fourth-order valence-corrected chi connectivity index (χ4v) is 3.00. The molecule has 1 fully saturated rings. The maximum atomic E-state index is 14.2. The number of hydrogen-bond donors (Lipinski definition) is 0. The van der Waals surface area contributed by atoms with Gasteiger partial charge < -0.3 is 14.2 Å². The van der Waals surface area contributed by atoms with Crippen molar-refractivity contribution in [1.29, 1.82) is 0 Å². The van der Waals surface area contributed by atoms with Crippen molar-refractivity contribution in [1.82, 2.24) is 0 Å². The Morgan fingerprint density at radius 2 is 1.88 bits per heavy atom. The van der Waals surface area contributed by atoms with Crippen LogP contribution >= 0.6 is 0 Å². The molecule has 0 saturated carbocycles. The molecule has 1 aliphatic rings. The van der Waals surface area contributed by atoms with E-state index in [1.54, 1.807) is 24.3 Å². The summed E-state index contributed by atoms with van der Waals surface area (Å²) in [6.45, 7) is 4.97. The minimum absolute atomic E-state index is 0.111. The average molecular weight is 360 g/mol. The number of rotatable bonds is 6. The van der Waals surface area contributed by atoms with E-state index in [0.717, 1.165) is 12.8 Å². The summed E-state index contributed by atoms with van der Waals surface area (Å²) < 4.78 is 44.3. The fraction of sp³-hybridized carbons (Fsp3) is 0.333. The number of hydrogen-bond acceptors (Lipinski definition) is 3. The molecular formula is C21H22F2O3. The fourth-order valence-electron chi connectivity index (χ4n) is 3.00. The first-order valence-electron chi connectivity index (χ1n) is 8.61. The van der Waals surface area contributed by atoms with Gasteiger partial charge in [0.25, 0.3) is 0 Å². The van der Waals surface area contributed by atoms with Crippen molar-refractivity contribution in [3.8, 4) is 22.6 Å². The van der Waals surface area contributed by atoms with Crippen molar-refractivity contribution in [3.05, 3.63) is 60.7 Å². The number of halogens is 2. The van der Waals surface area contributed by atoms with Crippen LogP contribution in [0.1, 0.15) is 12.8 Å². The van der Waals surface area contributed by atoms with E-state index in [2.05, 4.69) is 6.58 Å². The summed E-state index contributed by atoms with van der Waals surface area (Å²) in [5.41, 5.74) is 0.761. The van der Waals surface area contributed by atoms with Crippen LogP contribution in [-0.2, 0) is 4.74 Å². The van der Waals surface area contributed by atoms with E-state index in [0.29, 0.717) is 30.4 Å². The van der Waals surface area contributed by atoms with Crippen LogP contribution in [0.5, 0.6) is 11.5 Å². The van der Waals surface area contributed by atoms with Gasteiger partial charge in [-0.3, -0.25) is 0 Å². The molecule has 2 aromatic rings. The van der Waals surface area contributed by atoms with Gasteiger partial charge in [0.1, 0.15) is 5.75 Å². The first kappa shape index (κ1) is 18.4. The smallest absolute Gasteiger partial charge is 0.201 e. The van der Waals surface area contributed by atoms with Crippen LogP contribution in [0.2, 0.25) is 0 Å². The van der Waals surface area contributed by atoms with Gasteiger partial charge in [0.05, 0.1) is 26.4 Å². The minimum Gasteiger partial charge on any atom is -0.494 e. The molecular weight excluding hydrogens is 338 g/mol. The molecule has 2 unspecified atom stereocenters. The summed E-state index contributed by atoms with van der Waals surface area (Å²) in [5, 5.41) is 0. The predicted molar refractivity (Wildman–Crippen MR) is 96.5 cm³/mol. The quantitative estimate of drug-likeness (QED) is 0.679. The Morgan fingerprint density at radius 3 is 2.50 bits per heavy atom. The second-order valence-corrected chi connectivity index (χ2v) is 6.33. The van der Waals surface area contributed by atoms with Gasteiger partial charge in [0.2, 0.25) is 5.82 Å². The van der Waals surface area contributed by atoms with Crippen LogP contribution < -0.4 is 9.47 Å². The van der Waals surface area contributed by atoms with E-state index in [-0.39, 0.29) is 17.4 Å². The van der Waals surface area contributed by atoms with Crippen molar-refractivity contribution in [2.75, 3.05) is 20.3 Å². The highest BCUT2D eigenvalue weighted by Gasteiger charge is 2.20. The van der Waals surface area contributed by atoms with E-state index in [9.17, 15) is 8.78 Å². The Hall–Kier alpha value is -2.40. The molecule has 0 amide bonds. The summed E-state index contributed by atoms with van der Waals surface area (Å²) in [6, 6.07) is 9.86. The maximum Gasteiger partial charge on any atom is 0.201 e. The second-order valence-electron chi connectivity index (χ2n) is 6.33. The third-order valence-electron chi connectivity index (χ3n) is 4.59. The molecule has 138 valence electrons. The van der Waals surface area contributed by atoms with Crippen molar-refractivity contribution < 1.29 is 23.0 Å². The number of methoxy groups -OCH3 is 1. The van der Waals surface area contributed by atoms with Crippen LogP contribution in [0.4, 0.5) is 8.78 Å². The van der Waals surface area contributed by atoms with Gasteiger partial charge in [-0.15, -0.1) is 6.58 Å². The Kier molecular flexibility index (Phi) is 5.89. The summed E-state index contributed by atoms with van der Waals surface area (Å²) in [7, 11) is 1.30. The van der Waals surface area contributed by atoms with Crippen LogP contribution in [0.3, 0.4) is 0 Å². The third kappa shape index (κ3) is 4.05. The molecule has 1 saturated heterocycles. The molecule has 1 heterocycles. The molecule has 0 N–H and O–H groups in total. The lowest BCUT2D eigenvalue weighted by Gasteiger charge is -2.27. The molecule has 0 aromatic heterocycles. The Balaban J connectivity index is 1.62. The predicted octanol–water partition coefficient (Wildman–Crippen LogP) is 5.00. The van der Waals surface area contributed by atoms with Gasteiger partial charge >= 0.3 is 0 Å². The van der Waals surface area contributed by atoms with Crippen molar-refractivity contribution >= 4 is 0 Å². The molecule has 3 nitrogen and oxygen atoms in total. The van der Waals surface area contributed by atoms with E-state index >= 15 is 0 Å². The van der Waals surface area contributed by atoms with Crippen LogP contribution in [0.15, 0.2) is 49.1 Å². The first-order chi connectivity index (χ1) is 12.6. The lowest BCUT2D eigenvalue weighted by atomic mass is 9.99.